The number of anilines is 1. The Kier molecular flexibility index (Phi) is 5.54. The maximum Gasteiger partial charge on any atom is 0.348 e. The van der Waals surface area contributed by atoms with E-state index in [4.69, 9.17) is 15.6 Å². The van der Waals surface area contributed by atoms with Crippen LogP contribution in [-0.2, 0) is 14.8 Å². The third-order valence-electron chi connectivity index (χ3n) is 4.97. The first-order valence-electron chi connectivity index (χ1n) is 9.68. The monoisotopic (exact) mass is 501 g/mol. The summed E-state index contributed by atoms with van der Waals surface area (Å²) in [6.45, 7) is 1.55. The van der Waals surface area contributed by atoms with Crippen molar-refractivity contribution >= 4 is 55.4 Å². The number of nitrogen functional groups attached to an aromatic ring is 1. The first-order valence-corrected chi connectivity index (χ1v) is 11.2. The molecule has 0 radical (unpaired) electrons. The van der Waals surface area contributed by atoms with Crippen molar-refractivity contribution in [2.24, 2.45) is 5.14 Å². The molecule has 0 unspecified atom stereocenters. The molecular formula is C19H15N7O8S. The first-order chi connectivity index (χ1) is 16.4. The number of carbonyl (C=O) groups is 1. The van der Waals surface area contributed by atoms with Gasteiger partial charge >= 0.3 is 17.3 Å². The molecule has 4 N–H and O–H groups in total. The Bertz CT molecular complexity index is 1680. The zero-order chi connectivity index (χ0) is 25.7. The molecule has 0 amide bonds. The van der Waals surface area contributed by atoms with Gasteiger partial charge in [-0.05, 0) is 25.1 Å². The van der Waals surface area contributed by atoms with E-state index in [-0.39, 0.29) is 50.8 Å². The Morgan fingerprint density at radius 2 is 1.69 bits per heavy atom. The summed E-state index contributed by atoms with van der Waals surface area (Å²) in [7, 11) is -4.10. The summed E-state index contributed by atoms with van der Waals surface area (Å²) in [4.78, 5) is 41.9. The van der Waals surface area contributed by atoms with E-state index in [0.29, 0.717) is 0 Å². The number of carbonyl (C=O) groups excluding carboxylic acids is 1. The van der Waals surface area contributed by atoms with Gasteiger partial charge in [-0.2, -0.15) is 0 Å². The highest BCUT2D eigenvalue weighted by Gasteiger charge is 2.29. The molecule has 180 valence electrons. The Morgan fingerprint density at radius 3 is 2.23 bits per heavy atom. The van der Waals surface area contributed by atoms with Gasteiger partial charge in [-0.25, -0.2) is 28.3 Å². The molecule has 2 aromatic heterocycles. The molecular weight excluding hydrogens is 486 g/mol. The molecule has 4 rings (SSSR count). The van der Waals surface area contributed by atoms with Gasteiger partial charge < -0.3 is 10.5 Å². The van der Waals surface area contributed by atoms with Crippen LogP contribution in [0.3, 0.4) is 0 Å². The van der Waals surface area contributed by atoms with Crippen LogP contribution in [0, 0.1) is 20.2 Å². The maximum absolute atomic E-state index is 12.7. The maximum atomic E-state index is 12.7. The predicted octanol–water partition coefficient (Wildman–Crippen LogP) is 1.80. The van der Waals surface area contributed by atoms with E-state index >= 15 is 0 Å². The summed E-state index contributed by atoms with van der Waals surface area (Å²) in [6.07, 6.45) is 0. The molecule has 0 saturated heterocycles. The van der Waals surface area contributed by atoms with Crippen molar-refractivity contribution in [3.8, 4) is 5.69 Å². The number of hydrogen-bond donors (Lipinski definition) is 2. The lowest BCUT2D eigenvalue weighted by Crippen LogP contribution is -2.13. The van der Waals surface area contributed by atoms with Crippen LogP contribution in [0.15, 0.2) is 41.3 Å². The van der Waals surface area contributed by atoms with E-state index in [2.05, 4.69) is 9.97 Å². The standard InChI is InChI=1S/C19H15N7O8S/c1-2-34-19(27)15-16-18(24(17(15)20)9-4-3-5-10(6-9)35(21,32)33)23-12-8-14(26(30)31)13(25(28)29)7-11(12)22-16/h3-8H,2,20H2,1H3,(H2,21,32,33). The molecule has 0 saturated carbocycles. The first kappa shape index (κ1) is 23.5. The van der Waals surface area contributed by atoms with Crippen LogP contribution in [-0.4, -0.2) is 45.4 Å². The molecule has 0 aliphatic heterocycles. The molecule has 0 aliphatic rings. The number of rotatable bonds is 6. The SMILES string of the molecule is CCOC(=O)c1c(N)n(-c2cccc(S(N)(=O)=O)c2)c2nc3cc([N+](=O)[O-])c([N+](=O)[O-])cc3nc12. The summed E-state index contributed by atoms with van der Waals surface area (Å²) in [5.41, 5.74) is 4.11. The number of nitro groups is 2. The average Bonchev–Trinajstić information content (AvgIpc) is 3.06. The van der Waals surface area contributed by atoms with Crippen molar-refractivity contribution in [3.05, 3.63) is 62.2 Å². The van der Waals surface area contributed by atoms with E-state index in [1.54, 1.807) is 6.92 Å². The van der Waals surface area contributed by atoms with Crippen LogP contribution in [0.5, 0.6) is 0 Å². The minimum absolute atomic E-state index is 0.00940. The molecule has 0 fully saturated rings. The Balaban J connectivity index is 2.14. The molecule has 0 aliphatic carbocycles. The summed E-state index contributed by atoms with van der Waals surface area (Å²) in [5.74, 6) is -1.09. The molecule has 16 heteroatoms. The molecule has 2 aromatic carbocycles. The van der Waals surface area contributed by atoms with Crippen LogP contribution in [0.4, 0.5) is 17.2 Å². The fourth-order valence-corrected chi connectivity index (χ4v) is 4.05. The quantitative estimate of drug-likeness (QED) is 0.220. The molecule has 0 atom stereocenters. The lowest BCUT2D eigenvalue weighted by molar-refractivity contribution is -0.422. The van der Waals surface area contributed by atoms with E-state index in [1.165, 1.54) is 28.8 Å². The minimum Gasteiger partial charge on any atom is -0.462 e. The number of nitrogens with two attached hydrogens (primary N) is 2. The zero-order valence-electron chi connectivity index (χ0n) is 17.7. The van der Waals surface area contributed by atoms with E-state index in [9.17, 15) is 33.4 Å². The van der Waals surface area contributed by atoms with Crippen molar-refractivity contribution in [2.75, 3.05) is 12.3 Å². The minimum atomic E-state index is -4.10. The normalized spacial score (nSPS) is 11.6. The molecule has 4 aromatic rings. The van der Waals surface area contributed by atoms with Crippen molar-refractivity contribution in [3.63, 3.8) is 0 Å². The van der Waals surface area contributed by atoms with Gasteiger partial charge in [0.05, 0.1) is 50.2 Å². The Labute approximate surface area is 195 Å². The Hall–Kier alpha value is -4.70. The van der Waals surface area contributed by atoms with E-state index < -0.39 is 37.2 Å². The third kappa shape index (κ3) is 3.96. The number of benzene rings is 2. The number of sulfonamides is 1. The van der Waals surface area contributed by atoms with E-state index in [0.717, 1.165) is 12.1 Å². The molecule has 0 spiro atoms. The largest absolute Gasteiger partial charge is 0.462 e. The summed E-state index contributed by atoms with van der Waals surface area (Å²) in [5, 5.41) is 27.9. The summed E-state index contributed by atoms with van der Waals surface area (Å²) >= 11 is 0. The summed E-state index contributed by atoms with van der Waals surface area (Å²) < 4.78 is 29.9. The van der Waals surface area contributed by atoms with Crippen LogP contribution < -0.4 is 10.9 Å². The van der Waals surface area contributed by atoms with Gasteiger partial charge in [0.15, 0.2) is 5.65 Å². The molecule has 15 nitrogen and oxygen atoms in total. The second kappa shape index (κ2) is 8.26. The van der Waals surface area contributed by atoms with Gasteiger partial charge in [-0.3, -0.25) is 24.8 Å². The number of fused-ring (bicyclic) bond motifs is 2. The topological polar surface area (TPSA) is 229 Å². The lowest BCUT2D eigenvalue weighted by atomic mass is 10.2. The number of ether oxygens (including phenoxy) is 1. The highest BCUT2D eigenvalue weighted by molar-refractivity contribution is 7.89. The molecule has 2 heterocycles. The van der Waals surface area contributed by atoms with Gasteiger partial charge in [0.1, 0.15) is 16.9 Å². The smallest absolute Gasteiger partial charge is 0.348 e. The van der Waals surface area contributed by atoms with Crippen LogP contribution in [0.1, 0.15) is 17.3 Å². The molecule has 0 bridgehead atoms. The van der Waals surface area contributed by atoms with E-state index in [1.807, 2.05) is 0 Å². The van der Waals surface area contributed by atoms with Crippen LogP contribution in [0.25, 0.3) is 27.9 Å². The lowest BCUT2D eigenvalue weighted by Gasteiger charge is -2.09. The number of primary sulfonamides is 1. The van der Waals surface area contributed by atoms with Gasteiger partial charge in [0.25, 0.3) is 0 Å². The third-order valence-corrected chi connectivity index (χ3v) is 5.88. The number of hydrogen-bond acceptors (Lipinski definition) is 11. The fourth-order valence-electron chi connectivity index (χ4n) is 3.50. The number of esters is 1. The van der Waals surface area contributed by atoms with Gasteiger partial charge in [0, 0.05) is 0 Å². The molecule has 35 heavy (non-hydrogen) atoms. The van der Waals surface area contributed by atoms with Crippen molar-refractivity contribution in [1.29, 1.82) is 0 Å². The highest BCUT2D eigenvalue weighted by atomic mass is 32.2. The van der Waals surface area contributed by atoms with Crippen molar-refractivity contribution < 1.29 is 27.8 Å². The summed E-state index contributed by atoms with van der Waals surface area (Å²) in [6, 6.07) is 7.01. The highest BCUT2D eigenvalue weighted by Crippen LogP contribution is 2.35. The zero-order valence-corrected chi connectivity index (χ0v) is 18.6. The fraction of sp³-hybridized carbons (Fsp3) is 0.105. The Morgan fingerprint density at radius 1 is 1.09 bits per heavy atom. The van der Waals surface area contributed by atoms with Crippen molar-refractivity contribution in [2.45, 2.75) is 11.8 Å². The van der Waals surface area contributed by atoms with Gasteiger partial charge in [-0.15, -0.1) is 0 Å². The van der Waals surface area contributed by atoms with Gasteiger partial charge in [-0.1, -0.05) is 6.07 Å². The predicted molar refractivity (Wildman–Crippen MR) is 121 cm³/mol. The average molecular weight is 501 g/mol. The number of aromatic nitrogens is 3. The van der Waals surface area contributed by atoms with Crippen LogP contribution >= 0.6 is 0 Å². The van der Waals surface area contributed by atoms with Crippen LogP contribution in [0.2, 0.25) is 0 Å². The second-order valence-electron chi connectivity index (χ2n) is 7.10. The number of nitro benzene ring substituents is 2. The van der Waals surface area contributed by atoms with Crippen molar-refractivity contribution in [1.82, 2.24) is 14.5 Å². The van der Waals surface area contributed by atoms with Gasteiger partial charge in [0.2, 0.25) is 10.0 Å². The number of nitrogens with zero attached hydrogens (tertiary/aromatic N) is 5. The second-order valence-corrected chi connectivity index (χ2v) is 8.66.